The molecule has 0 spiro atoms. The molecular formula is C23H25N3O. The maximum absolute atomic E-state index is 5.85. The summed E-state index contributed by atoms with van der Waals surface area (Å²) in [6, 6.07) is 20.2. The number of piperidine rings is 1. The summed E-state index contributed by atoms with van der Waals surface area (Å²) in [5.41, 5.74) is 3.71. The normalized spacial score (nSPS) is 27.8. The third-order valence-electron chi connectivity index (χ3n) is 6.53. The monoisotopic (exact) mass is 359 g/mol. The lowest BCUT2D eigenvalue weighted by Gasteiger charge is -2.41. The van der Waals surface area contributed by atoms with Crippen molar-refractivity contribution in [1.82, 2.24) is 15.0 Å². The third kappa shape index (κ3) is 2.88. The molecule has 2 saturated heterocycles. The van der Waals surface area contributed by atoms with E-state index in [0.717, 1.165) is 17.9 Å². The molecule has 4 nitrogen and oxygen atoms in total. The van der Waals surface area contributed by atoms with Crippen LogP contribution in [0.15, 0.2) is 59.1 Å². The Bertz CT molecular complexity index is 918. The van der Waals surface area contributed by atoms with Gasteiger partial charge in [0.25, 0.3) is 0 Å². The Morgan fingerprint density at radius 1 is 1.00 bits per heavy atom. The van der Waals surface area contributed by atoms with Gasteiger partial charge in [0.1, 0.15) is 0 Å². The highest BCUT2D eigenvalue weighted by Crippen LogP contribution is 2.50. The van der Waals surface area contributed by atoms with Gasteiger partial charge in [-0.3, -0.25) is 4.90 Å². The van der Waals surface area contributed by atoms with Crippen molar-refractivity contribution < 1.29 is 4.52 Å². The van der Waals surface area contributed by atoms with Gasteiger partial charge < -0.3 is 4.52 Å². The number of fused-ring (bicyclic) bond motifs is 2. The van der Waals surface area contributed by atoms with Gasteiger partial charge >= 0.3 is 0 Å². The maximum atomic E-state index is 5.85. The highest BCUT2D eigenvalue weighted by molar-refractivity contribution is 5.53. The van der Waals surface area contributed by atoms with Crippen molar-refractivity contribution in [2.24, 2.45) is 0 Å². The third-order valence-corrected chi connectivity index (χ3v) is 6.53. The summed E-state index contributed by atoms with van der Waals surface area (Å²) in [6.45, 7) is 2.14. The Labute approximate surface area is 160 Å². The molecule has 2 aromatic carbocycles. The lowest BCUT2D eigenvalue weighted by Crippen LogP contribution is -2.44. The van der Waals surface area contributed by atoms with Gasteiger partial charge in [0.2, 0.25) is 11.7 Å². The summed E-state index contributed by atoms with van der Waals surface area (Å²) in [4.78, 5) is 7.39. The first-order chi connectivity index (χ1) is 13.2. The molecule has 0 saturated carbocycles. The van der Waals surface area contributed by atoms with E-state index in [0.29, 0.717) is 23.8 Å². The van der Waals surface area contributed by atoms with Gasteiger partial charge in [-0.05, 0) is 44.7 Å². The fraction of sp³-hybridized carbons (Fsp3) is 0.391. The number of likely N-dealkylation sites (N-methyl/N-ethyl adjacent to an activating group) is 1. The Morgan fingerprint density at radius 3 is 2.56 bits per heavy atom. The lowest BCUT2D eigenvalue weighted by molar-refractivity contribution is 0.120. The zero-order valence-corrected chi connectivity index (χ0v) is 15.9. The summed E-state index contributed by atoms with van der Waals surface area (Å²) in [5.74, 6) is 2.16. The molecule has 2 unspecified atom stereocenters. The average molecular weight is 359 g/mol. The average Bonchev–Trinajstić information content (AvgIpc) is 3.26. The summed E-state index contributed by atoms with van der Waals surface area (Å²) in [6.07, 6.45) is 3.63. The quantitative estimate of drug-likeness (QED) is 0.675. The molecule has 27 heavy (non-hydrogen) atoms. The Hall–Kier alpha value is -2.46. The highest BCUT2D eigenvalue weighted by atomic mass is 16.5. The molecule has 2 aliphatic heterocycles. The molecule has 5 rings (SSSR count). The van der Waals surface area contributed by atoms with E-state index in [1.807, 2.05) is 30.3 Å². The van der Waals surface area contributed by atoms with Gasteiger partial charge in [-0.25, -0.2) is 0 Å². The van der Waals surface area contributed by atoms with Crippen LogP contribution in [0.1, 0.15) is 48.1 Å². The topological polar surface area (TPSA) is 42.2 Å². The molecule has 0 amide bonds. The van der Waals surface area contributed by atoms with Gasteiger partial charge in [0.15, 0.2) is 0 Å². The van der Waals surface area contributed by atoms with Gasteiger partial charge in [0.05, 0.1) is 5.92 Å². The molecule has 4 heteroatoms. The van der Waals surface area contributed by atoms with Gasteiger partial charge in [0, 0.05) is 17.6 Å². The molecule has 4 atom stereocenters. The van der Waals surface area contributed by atoms with E-state index in [1.54, 1.807) is 0 Å². The standard InChI is InChI=1S/C23H25N3O/c1-15-8-10-16(11-9-15)19-14-18-12-13-20(26(18)2)21(19)23-24-22(25-27-23)17-6-4-3-5-7-17/h3-11,18-21H,12-14H2,1-2H3/t18-,19-,20?,21?/m1/s1. The zero-order chi connectivity index (χ0) is 18.4. The predicted octanol–water partition coefficient (Wildman–Crippen LogP) is 4.78. The maximum Gasteiger partial charge on any atom is 0.232 e. The van der Waals surface area contributed by atoms with Gasteiger partial charge in [-0.2, -0.15) is 4.98 Å². The van der Waals surface area contributed by atoms with Crippen molar-refractivity contribution in [3.05, 3.63) is 71.6 Å². The van der Waals surface area contributed by atoms with Crippen molar-refractivity contribution in [3.63, 3.8) is 0 Å². The largest absolute Gasteiger partial charge is 0.339 e. The highest BCUT2D eigenvalue weighted by Gasteiger charge is 2.48. The molecule has 3 aromatic rings. The molecule has 2 aliphatic rings. The number of rotatable bonds is 3. The smallest absolute Gasteiger partial charge is 0.232 e. The first-order valence-electron chi connectivity index (χ1n) is 9.88. The fourth-order valence-corrected chi connectivity index (χ4v) is 5.03. The van der Waals surface area contributed by atoms with E-state index in [-0.39, 0.29) is 5.92 Å². The van der Waals surface area contributed by atoms with E-state index in [2.05, 4.69) is 48.3 Å². The fourth-order valence-electron chi connectivity index (χ4n) is 5.03. The van der Waals surface area contributed by atoms with Crippen LogP contribution in [0.4, 0.5) is 0 Å². The predicted molar refractivity (Wildman–Crippen MR) is 106 cm³/mol. The second-order valence-corrected chi connectivity index (χ2v) is 8.06. The number of nitrogens with zero attached hydrogens (tertiary/aromatic N) is 3. The van der Waals surface area contributed by atoms with Crippen LogP contribution in [0.25, 0.3) is 11.4 Å². The van der Waals surface area contributed by atoms with Crippen LogP contribution in [-0.2, 0) is 0 Å². The van der Waals surface area contributed by atoms with Crippen LogP contribution in [0.2, 0.25) is 0 Å². The number of hydrogen-bond acceptors (Lipinski definition) is 4. The van der Waals surface area contributed by atoms with Crippen molar-refractivity contribution in [2.45, 2.75) is 50.1 Å². The molecule has 138 valence electrons. The summed E-state index contributed by atoms with van der Waals surface area (Å²) in [7, 11) is 2.26. The van der Waals surface area contributed by atoms with E-state index in [1.165, 1.54) is 24.0 Å². The van der Waals surface area contributed by atoms with Crippen LogP contribution in [0, 0.1) is 6.92 Å². The number of benzene rings is 2. The second-order valence-electron chi connectivity index (χ2n) is 8.06. The molecule has 2 fully saturated rings. The molecule has 0 aliphatic carbocycles. The molecule has 3 heterocycles. The molecular weight excluding hydrogens is 334 g/mol. The van der Waals surface area contributed by atoms with Crippen LogP contribution >= 0.6 is 0 Å². The number of hydrogen-bond donors (Lipinski definition) is 0. The Balaban J connectivity index is 1.54. The van der Waals surface area contributed by atoms with Crippen molar-refractivity contribution in [2.75, 3.05) is 7.05 Å². The molecule has 0 radical (unpaired) electrons. The van der Waals surface area contributed by atoms with Crippen molar-refractivity contribution in [1.29, 1.82) is 0 Å². The minimum Gasteiger partial charge on any atom is -0.339 e. The SMILES string of the molecule is Cc1ccc([C@H]2C[C@H]3CCC(C2c2nc(-c4ccccc4)no2)N3C)cc1. The first-order valence-corrected chi connectivity index (χ1v) is 9.88. The van der Waals surface area contributed by atoms with E-state index in [9.17, 15) is 0 Å². The van der Waals surface area contributed by atoms with Crippen LogP contribution in [0.3, 0.4) is 0 Å². The summed E-state index contributed by atoms with van der Waals surface area (Å²) >= 11 is 0. The minimum absolute atomic E-state index is 0.251. The summed E-state index contributed by atoms with van der Waals surface area (Å²) in [5, 5.41) is 4.31. The lowest BCUT2D eigenvalue weighted by atomic mass is 9.76. The molecule has 1 aromatic heterocycles. The van der Waals surface area contributed by atoms with E-state index in [4.69, 9.17) is 9.51 Å². The molecule has 0 N–H and O–H groups in total. The zero-order valence-electron chi connectivity index (χ0n) is 15.9. The van der Waals surface area contributed by atoms with Gasteiger partial charge in [-0.15, -0.1) is 0 Å². The van der Waals surface area contributed by atoms with Crippen molar-refractivity contribution in [3.8, 4) is 11.4 Å². The van der Waals surface area contributed by atoms with Crippen molar-refractivity contribution >= 4 is 0 Å². The number of aryl methyl sites for hydroxylation is 1. The van der Waals surface area contributed by atoms with E-state index >= 15 is 0 Å². The van der Waals surface area contributed by atoms with Crippen LogP contribution < -0.4 is 0 Å². The molecule has 2 bridgehead atoms. The Kier molecular flexibility index (Phi) is 4.09. The summed E-state index contributed by atoms with van der Waals surface area (Å²) < 4.78 is 5.85. The van der Waals surface area contributed by atoms with Crippen LogP contribution in [0.5, 0.6) is 0 Å². The second kappa shape index (κ2) is 6.61. The number of aromatic nitrogens is 2. The van der Waals surface area contributed by atoms with Crippen LogP contribution in [-0.4, -0.2) is 34.2 Å². The Morgan fingerprint density at radius 2 is 1.78 bits per heavy atom. The minimum atomic E-state index is 0.251. The van der Waals surface area contributed by atoms with E-state index < -0.39 is 0 Å². The van der Waals surface area contributed by atoms with Gasteiger partial charge in [-0.1, -0.05) is 65.3 Å². The first kappa shape index (κ1) is 16.7.